The Labute approximate surface area is 155 Å². The van der Waals surface area contributed by atoms with Gasteiger partial charge in [-0.3, -0.25) is 9.59 Å². The Balaban J connectivity index is 1.69. The number of imide groups is 1. The van der Waals surface area contributed by atoms with Crippen LogP contribution in [0.1, 0.15) is 13.3 Å². The molecule has 9 heteroatoms. The molecular formula is C17H22ClF2N3O3+2. The third-order valence-electron chi connectivity index (χ3n) is 5.07. The number of benzene rings is 1. The smallest absolute Gasteiger partial charge is 0.420 e. The van der Waals surface area contributed by atoms with Crippen molar-refractivity contribution in [2.24, 2.45) is 0 Å². The predicted molar refractivity (Wildman–Crippen MR) is 90.7 cm³/mol. The SMILES string of the molecule is CC[NH+]1CC[NH+]([C@H]2CC(=O)N(c3ccc(OC(F)(F)Cl)cc3)C2=O)CC1. The number of hydrogen-bond acceptors (Lipinski definition) is 3. The average Bonchev–Trinajstić information content (AvgIpc) is 2.89. The second kappa shape index (κ2) is 7.46. The summed E-state index contributed by atoms with van der Waals surface area (Å²) < 4.78 is 29.6. The monoisotopic (exact) mass is 389 g/mol. The summed E-state index contributed by atoms with van der Waals surface area (Å²) in [4.78, 5) is 29.0. The third kappa shape index (κ3) is 4.13. The molecule has 3 rings (SSSR count). The third-order valence-corrected chi connectivity index (χ3v) is 5.14. The van der Waals surface area contributed by atoms with E-state index in [2.05, 4.69) is 11.7 Å². The van der Waals surface area contributed by atoms with Crippen molar-refractivity contribution in [3.8, 4) is 5.75 Å². The van der Waals surface area contributed by atoms with E-state index in [1.54, 1.807) is 0 Å². The normalized spacial score (nSPS) is 27.1. The van der Waals surface area contributed by atoms with Crippen molar-refractivity contribution in [3.63, 3.8) is 0 Å². The van der Waals surface area contributed by atoms with Crippen LogP contribution in [0.3, 0.4) is 0 Å². The second-order valence-electron chi connectivity index (χ2n) is 6.63. The van der Waals surface area contributed by atoms with E-state index in [1.807, 2.05) is 0 Å². The van der Waals surface area contributed by atoms with Crippen molar-refractivity contribution in [2.75, 3.05) is 37.6 Å². The van der Waals surface area contributed by atoms with Gasteiger partial charge in [-0.05, 0) is 31.2 Å². The maximum absolute atomic E-state index is 12.8. The molecule has 0 aliphatic carbocycles. The fourth-order valence-electron chi connectivity index (χ4n) is 3.65. The fourth-order valence-corrected chi connectivity index (χ4v) is 3.73. The summed E-state index contributed by atoms with van der Waals surface area (Å²) >= 11 is 4.73. The fraction of sp³-hybridized carbons (Fsp3) is 0.529. The van der Waals surface area contributed by atoms with Gasteiger partial charge in [-0.2, -0.15) is 0 Å². The number of anilines is 1. The van der Waals surface area contributed by atoms with Gasteiger partial charge >= 0.3 is 5.57 Å². The lowest BCUT2D eigenvalue weighted by atomic mass is 10.1. The quantitative estimate of drug-likeness (QED) is 0.517. The minimum Gasteiger partial charge on any atom is -0.420 e. The van der Waals surface area contributed by atoms with Crippen molar-refractivity contribution in [2.45, 2.75) is 25.0 Å². The molecule has 0 bridgehead atoms. The number of piperazine rings is 1. The molecule has 1 atom stereocenters. The number of rotatable bonds is 5. The van der Waals surface area contributed by atoms with Crippen molar-refractivity contribution < 1.29 is 32.9 Å². The Morgan fingerprint density at radius 2 is 1.81 bits per heavy atom. The Hall–Kier alpha value is -1.77. The maximum Gasteiger partial charge on any atom is 0.487 e. The van der Waals surface area contributed by atoms with Crippen LogP contribution in [0.15, 0.2) is 24.3 Å². The van der Waals surface area contributed by atoms with E-state index in [-0.39, 0.29) is 30.0 Å². The molecule has 142 valence electrons. The Morgan fingerprint density at radius 3 is 2.35 bits per heavy atom. The van der Waals surface area contributed by atoms with Gasteiger partial charge in [-0.1, -0.05) is 0 Å². The summed E-state index contributed by atoms with van der Waals surface area (Å²) in [5.41, 5.74) is -3.46. The zero-order valence-electron chi connectivity index (χ0n) is 14.4. The molecule has 0 aromatic heterocycles. The number of alkyl halides is 3. The molecule has 0 spiro atoms. The van der Waals surface area contributed by atoms with Crippen LogP contribution in [0.4, 0.5) is 14.5 Å². The zero-order chi connectivity index (χ0) is 18.9. The highest BCUT2D eigenvalue weighted by Crippen LogP contribution is 2.28. The van der Waals surface area contributed by atoms with E-state index in [1.165, 1.54) is 29.2 Å². The van der Waals surface area contributed by atoms with Crippen molar-refractivity contribution >= 4 is 29.1 Å². The van der Waals surface area contributed by atoms with E-state index in [4.69, 9.17) is 11.6 Å². The molecule has 1 aromatic rings. The van der Waals surface area contributed by atoms with Crippen LogP contribution in [0.5, 0.6) is 5.75 Å². The number of nitrogens with one attached hydrogen (secondary N) is 2. The molecule has 2 heterocycles. The molecular weight excluding hydrogens is 368 g/mol. The van der Waals surface area contributed by atoms with Crippen LogP contribution in [-0.4, -0.2) is 56.1 Å². The summed E-state index contributed by atoms with van der Waals surface area (Å²) in [5, 5.41) is 0. The van der Waals surface area contributed by atoms with E-state index < -0.39 is 5.57 Å². The Morgan fingerprint density at radius 1 is 1.19 bits per heavy atom. The molecule has 0 saturated carbocycles. The minimum atomic E-state index is -3.81. The average molecular weight is 390 g/mol. The van der Waals surface area contributed by atoms with E-state index in [9.17, 15) is 18.4 Å². The summed E-state index contributed by atoms with van der Waals surface area (Å²) in [6.07, 6.45) is 0.174. The number of ether oxygens (including phenoxy) is 1. The Bertz CT molecular complexity index is 673. The number of likely N-dealkylation sites (N-methyl/N-ethyl adjacent to an activating group) is 1. The Kier molecular flexibility index (Phi) is 5.45. The number of halogens is 3. The molecule has 1 aromatic carbocycles. The van der Waals surface area contributed by atoms with Crippen LogP contribution in [0.25, 0.3) is 0 Å². The molecule has 2 amide bonds. The first-order chi connectivity index (χ1) is 12.3. The first kappa shape index (κ1) is 19.0. The van der Waals surface area contributed by atoms with Crippen molar-refractivity contribution in [3.05, 3.63) is 24.3 Å². The molecule has 2 aliphatic heterocycles. The highest BCUT2D eigenvalue weighted by molar-refractivity contribution is 6.22. The van der Waals surface area contributed by atoms with Crippen LogP contribution < -0.4 is 19.4 Å². The van der Waals surface area contributed by atoms with Gasteiger partial charge in [0, 0.05) is 11.6 Å². The summed E-state index contributed by atoms with van der Waals surface area (Å²) in [6.45, 7) is 6.90. The summed E-state index contributed by atoms with van der Waals surface area (Å²) in [6, 6.07) is 4.96. The molecule has 26 heavy (non-hydrogen) atoms. The maximum atomic E-state index is 12.8. The highest BCUT2D eigenvalue weighted by Gasteiger charge is 2.46. The topological polar surface area (TPSA) is 55.5 Å². The van der Waals surface area contributed by atoms with Gasteiger partial charge in [0.2, 0.25) is 5.91 Å². The van der Waals surface area contributed by atoms with Crippen molar-refractivity contribution in [1.82, 2.24) is 0 Å². The summed E-state index contributed by atoms with van der Waals surface area (Å²) in [7, 11) is 0. The molecule has 6 nitrogen and oxygen atoms in total. The number of hydrogen-bond donors (Lipinski definition) is 2. The first-order valence-electron chi connectivity index (χ1n) is 8.69. The number of carbonyl (C=O) groups is 2. The van der Waals surface area contributed by atoms with E-state index in [0.29, 0.717) is 5.69 Å². The largest absolute Gasteiger partial charge is 0.487 e. The first-order valence-corrected chi connectivity index (χ1v) is 9.07. The van der Waals surface area contributed by atoms with Gasteiger partial charge in [-0.25, -0.2) is 4.90 Å². The molecule has 2 aliphatic rings. The minimum absolute atomic E-state index is 0.145. The van der Waals surface area contributed by atoms with E-state index >= 15 is 0 Å². The van der Waals surface area contributed by atoms with Gasteiger partial charge in [0.25, 0.3) is 5.91 Å². The van der Waals surface area contributed by atoms with Crippen LogP contribution in [-0.2, 0) is 9.59 Å². The van der Waals surface area contributed by atoms with Crippen molar-refractivity contribution in [1.29, 1.82) is 0 Å². The zero-order valence-corrected chi connectivity index (χ0v) is 15.2. The van der Waals surface area contributed by atoms with Crippen LogP contribution >= 0.6 is 11.6 Å². The lowest BCUT2D eigenvalue weighted by Crippen LogP contribution is -3.29. The molecule has 0 radical (unpaired) electrons. The van der Waals surface area contributed by atoms with Gasteiger partial charge in [0.05, 0.1) is 18.7 Å². The van der Waals surface area contributed by atoms with Crippen LogP contribution in [0.2, 0.25) is 0 Å². The molecule has 2 fully saturated rings. The number of amides is 2. The standard InChI is InChI=1S/C17H20ClF2N3O3/c1-2-21-7-9-22(10-8-21)14-11-15(24)23(16(14)25)12-3-5-13(6-4-12)26-17(18,19)20/h3-6,14H,2,7-11H2,1H3/p+2/t14-/m0/s1. The van der Waals surface area contributed by atoms with Gasteiger partial charge < -0.3 is 14.5 Å². The van der Waals surface area contributed by atoms with Gasteiger partial charge in [0.15, 0.2) is 6.04 Å². The van der Waals surface area contributed by atoms with Gasteiger partial charge in [0.1, 0.15) is 31.9 Å². The number of quaternary nitrogens is 2. The second-order valence-corrected chi connectivity index (χ2v) is 7.07. The molecule has 2 N–H and O–H groups in total. The number of carbonyl (C=O) groups excluding carboxylic acids is 2. The van der Waals surface area contributed by atoms with E-state index in [0.717, 1.165) is 42.5 Å². The lowest BCUT2D eigenvalue weighted by molar-refractivity contribution is -1.02. The molecule has 0 unspecified atom stereocenters. The van der Waals surface area contributed by atoms with Crippen LogP contribution in [0, 0.1) is 0 Å². The highest BCUT2D eigenvalue weighted by atomic mass is 35.5. The summed E-state index contributed by atoms with van der Waals surface area (Å²) in [5.74, 6) is -0.649. The molecule has 2 saturated heterocycles. The predicted octanol–water partition coefficient (Wildman–Crippen LogP) is -0.710. The van der Waals surface area contributed by atoms with Gasteiger partial charge in [-0.15, -0.1) is 8.78 Å². The lowest BCUT2D eigenvalue weighted by Gasteiger charge is -2.31. The number of nitrogens with zero attached hydrogens (tertiary/aromatic N) is 1.